The van der Waals surface area contributed by atoms with E-state index < -0.39 is 6.10 Å². The molecule has 0 aromatic heterocycles. The van der Waals surface area contributed by atoms with E-state index >= 15 is 0 Å². The summed E-state index contributed by atoms with van der Waals surface area (Å²) in [7, 11) is 0. The molecule has 1 atom stereocenters. The van der Waals surface area contributed by atoms with Crippen molar-refractivity contribution in [1.82, 2.24) is 0 Å². The van der Waals surface area contributed by atoms with E-state index in [-0.39, 0.29) is 37.5 Å². The Labute approximate surface area is 491 Å². The maximum Gasteiger partial charge on any atom is 0.306 e. The Morgan fingerprint density at radius 3 is 0.835 bits per heavy atom. The molecule has 1 unspecified atom stereocenters. The Balaban J connectivity index is 4.16. The second kappa shape index (κ2) is 67.4. The summed E-state index contributed by atoms with van der Waals surface area (Å²) in [5, 5.41) is 0. The van der Waals surface area contributed by atoms with Gasteiger partial charge in [-0.15, -0.1) is 0 Å². The van der Waals surface area contributed by atoms with Crippen LogP contribution in [0.5, 0.6) is 0 Å². The summed E-state index contributed by atoms with van der Waals surface area (Å²) in [5.74, 6) is -0.916. The second-order valence-electron chi connectivity index (χ2n) is 23.1. The molecule has 6 heteroatoms. The molecule has 0 amide bonds. The number of hydrogen-bond acceptors (Lipinski definition) is 6. The number of allylic oxidation sites excluding steroid dienone is 12. The van der Waals surface area contributed by atoms with Crippen LogP contribution in [-0.4, -0.2) is 37.2 Å². The van der Waals surface area contributed by atoms with E-state index in [9.17, 15) is 14.4 Å². The van der Waals surface area contributed by atoms with E-state index in [4.69, 9.17) is 14.2 Å². The Hall–Kier alpha value is -3.15. The largest absolute Gasteiger partial charge is 0.462 e. The van der Waals surface area contributed by atoms with E-state index in [0.717, 1.165) is 103 Å². The van der Waals surface area contributed by atoms with Crippen LogP contribution in [0.4, 0.5) is 0 Å². The van der Waals surface area contributed by atoms with Crippen LogP contribution in [0.25, 0.3) is 0 Å². The predicted octanol–water partition coefficient (Wildman–Crippen LogP) is 23.7. The van der Waals surface area contributed by atoms with Crippen molar-refractivity contribution in [1.29, 1.82) is 0 Å². The van der Waals surface area contributed by atoms with Crippen LogP contribution in [0, 0.1) is 0 Å². The highest BCUT2D eigenvalue weighted by molar-refractivity contribution is 5.71. The van der Waals surface area contributed by atoms with Gasteiger partial charge in [-0.3, -0.25) is 14.4 Å². The zero-order valence-electron chi connectivity index (χ0n) is 52.6. The zero-order chi connectivity index (χ0) is 57.1. The van der Waals surface area contributed by atoms with Gasteiger partial charge in [0.15, 0.2) is 6.10 Å². The summed E-state index contributed by atoms with van der Waals surface area (Å²) < 4.78 is 16.9. The molecule has 6 nitrogen and oxygen atoms in total. The summed E-state index contributed by atoms with van der Waals surface area (Å²) in [4.78, 5) is 38.3. The molecule has 0 saturated carbocycles. The predicted molar refractivity (Wildman–Crippen MR) is 344 cm³/mol. The normalized spacial score (nSPS) is 12.5. The van der Waals surface area contributed by atoms with E-state index in [1.807, 2.05) is 0 Å². The molecule has 0 rings (SSSR count). The molecular formula is C73H130O6. The Bertz CT molecular complexity index is 1450. The van der Waals surface area contributed by atoms with Crippen molar-refractivity contribution in [3.05, 3.63) is 72.9 Å². The highest BCUT2D eigenvalue weighted by Crippen LogP contribution is 2.18. The van der Waals surface area contributed by atoms with Crippen molar-refractivity contribution in [2.24, 2.45) is 0 Å². The first-order valence-corrected chi connectivity index (χ1v) is 34.4. The van der Waals surface area contributed by atoms with Crippen LogP contribution < -0.4 is 0 Å². The average Bonchev–Trinajstić information content (AvgIpc) is 3.45. The van der Waals surface area contributed by atoms with Crippen molar-refractivity contribution < 1.29 is 28.6 Å². The Kier molecular flexibility index (Phi) is 64.7. The first kappa shape index (κ1) is 75.8. The van der Waals surface area contributed by atoms with Crippen molar-refractivity contribution >= 4 is 17.9 Å². The van der Waals surface area contributed by atoms with Crippen LogP contribution >= 0.6 is 0 Å². The number of hydrogen-bond donors (Lipinski definition) is 0. The lowest BCUT2D eigenvalue weighted by atomic mass is 10.0. The van der Waals surface area contributed by atoms with Gasteiger partial charge >= 0.3 is 17.9 Å². The summed E-state index contributed by atoms with van der Waals surface area (Å²) in [6, 6.07) is 0. The van der Waals surface area contributed by atoms with Crippen LogP contribution in [0.3, 0.4) is 0 Å². The molecule has 0 saturated heterocycles. The summed E-state index contributed by atoms with van der Waals surface area (Å²) in [6.07, 6.45) is 88.1. The maximum absolute atomic E-state index is 12.9. The van der Waals surface area contributed by atoms with Crippen LogP contribution in [0.15, 0.2) is 72.9 Å². The minimum absolute atomic E-state index is 0.0889. The van der Waals surface area contributed by atoms with Gasteiger partial charge in [0, 0.05) is 19.3 Å². The topological polar surface area (TPSA) is 78.9 Å². The minimum atomic E-state index is -0.796. The molecule has 0 radical (unpaired) electrons. The lowest BCUT2D eigenvalue weighted by molar-refractivity contribution is -0.167. The van der Waals surface area contributed by atoms with E-state index in [1.165, 1.54) is 212 Å². The number of unbranched alkanes of at least 4 members (excludes halogenated alkanes) is 40. The van der Waals surface area contributed by atoms with Gasteiger partial charge in [0.2, 0.25) is 0 Å². The zero-order valence-corrected chi connectivity index (χ0v) is 52.6. The number of carbonyl (C=O) groups excluding carboxylic acids is 3. The van der Waals surface area contributed by atoms with E-state index in [1.54, 1.807) is 0 Å². The standard InChI is InChI=1S/C73H130O6/c1-4-7-10-13-16-19-22-24-26-28-30-31-32-33-34-35-36-37-38-39-40-41-43-44-46-48-51-54-57-60-63-66-72(75)78-69-70(68-77-71(74)65-62-59-56-53-50-21-18-15-12-9-6-3)79-73(76)67-64-61-58-55-52-49-47-45-42-29-27-25-23-20-17-14-11-8-5-2/h8,11,15,17-18,20,25,27,42,45,49,52,70H,4-7,9-10,12-14,16,19,21-24,26,28-41,43-44,46-48,50-51,53-69H2,1-3H3/b11-8-,18-15-,20-17-,27-25-,45-42-,52-49-. The molecule has 0 fully saturated rings. The molecule has 0 aliphatic rings. The highest BCUT2D eigenvalue weighted by atomic mass is 16.6. The van der Waals surface area contributed by atoms with E-state index in [0.29, 0.717) is 12.8 Å². The number of carbonyl (C=O) groups is 3. The molecule has 0 spiro atoms. The third kappa shape index (κ3) is 65.5. The number of esters is 3. The second-order valence-corrected chi connectivity index (χ2v) is 23.1. The van der Waals surface area contributed by atoms with Crippen LogP contribution in [0.2, 0.25) is 0 Å². The Morgan fingerprint density at radius 1 is 0.266 bits per heavy atom. The molecule has 0 aliphatic heterocycles. The molecule has 0 bridgehead atoms. The molecular weight excluding hydrogens is 973 g/mol. The molecule has 79 heavy (non-hydrogen) atoms. The number of rotatable bonds is 63. The average molecular weight is 1100 g/mol. The third-order valence-corrected chi connectivity index (χ3v) is 15.2. The van der Waals surface area contributed by atoms with Gasteiger partial charge in [0.05, 0.1) is 0 Å². The lowest BCUT2D eigenvalue weighted by Gasteiger charge is -2.18. The lowest BCUT2D eigenvalue weighted by Crippen LogP contribution is -2.30. The summed E-state index contributed by atoms with van der Waals surface area (Å²) in [5.41, 5.74) is 0. The minimum Gasteiger partial charge on any atom is -0.462 e. The summed E-state index contributed by atoms with van der Waals surface area (Å²) >= 11 is 0. The van der Waals surface area contributed by atoms with Crippen molar-refractivity contribution in [2.75, 3.05) is 13.2 Å². The quantitative estimate of drug-likeness (QED) is 0.0261. The van der Waals surface area contributed by atoms with Gasteiger partial charge in [-0.25, -0.2) is 0 Å². The van der Waals surface area contributed by atoms with Gasteiger partial charge in [0.25, 0.3) is 0 Å². The maximum atomic E-state index is 12.9. The summed E-state index contributed by atoms with van der Waals surface area (Å²) in [6.45, 7) is 6.50. The molecule has 0 aliphatic carbocycles. The Morgan fingerprint density at radius 2 is 0.506 bits per heavy atom. The van der Waals surface area contributed by atoms with Gasteiger partial charge in [-0.1, -0.05) is 325 Å². The van der Waals surface area contributed by atoms with Crippen molar-refractivity contribution in [3.8, 4) is 0 Å². The van der Waals surface area contributed by atoms with Crippen LogP contribution in [0.1, 0.15) is 355 Å². The fraction of sp³-hybridized carbons (Fsp3) is 0.795. The van der Waals surface area contributed by atoms with Gasteiger partial charge in [-0.2, -0.15) is 0 Å². The molecule has 0 heterocycles. The molecule has 458 valence electrons. The van der Waals surface area contributed by atoms with Crippen molar-refractivity contribution in [3.63, 3.8) is 0 Å². The fourth-order valence-electron chi connectivity index (χ4n) is 10.0. The smallest absolute Gasteiger partial charge is 0.306 e. The molecule has 0 aromatic rings. The highest BCUT2D eigenvalue weighted by Gasteiger charge is 2.19. The third-order valence-electron chi connectivity index (χ3n) is 15.2. The fourth-order valence-corrected chi connectivity index (χ4v) is 10.0. The van der Waals surface area contributed by atoms with E-state index in [2.05, 4.69) is 93.7 Å². The first-order chi connectivity index (χ1) is 39.0. The first-order valence-electron chi connectivity index (χ1n) is 34.4. The molecule has 0 aromatic carbocycles. The van der Waals surface area contributed by atoms with Gasteiger partial charge in [0.1, 0.15) is 13.2 Å². The SMILES string of the molecule is CC/C=C\C/C=C\C/C=C\C/C=C\C/C=C\CCCCCC(=O)OC(COC(=O)CCCCCCC/C=C\CCCC)COC(=O)CCCCCCCCCCCCCCCCCCCCCCCCCCCCCCCCC. The van der Waals surface area contributed by atoms with Gasteiger partial charge < -0.3 is 14.2 Å². The molecule has 0 N–H and O–H groups in total. The van der Waals surface area contributed by atoms with Crippen LogP contribution in [-0.2, 0) is 28.6 Å². The number of ether oxygens (including phenoxy) is 3. The van der Waals surface area contributed by atoms with Gasteiger partial charge in [-0.05, 0) is 83.5 Å². The van der Waals surface area contributed by atoms with Crippen molar-refractivity contribution in [2.45, 2.75) is 361 Å². The monoisotopic (exact) mass is 1100 g/mol.